The zero-order valence-corrected chi connectivity index (χ0v) is 17.8. The van der Waals surface area contributed by atoms with Crippen molar-refractivity contribution in [3.8, 4) is 5.75 Å². The molecule has 0 aliphatic heterocycles. The number of carbonyl (C=O) groups is 1. The lowest BCUT2D eigenvalue weighted by Crippen LogP contribution is -2.30. The Balaban J connectivity index is 1.66. The van der Waals surface area contributed by atoms with Gasteiger partial charge in [0.15, 0.2) is 0 Å². The van der Waals surface area contributed by atoms with Gasteiger partial charge in [0.05, 0.1) is 17.6 Å². The number of nitrogens with one attached hydrogen (secondary N) is 1. The molecule has 0 fully saturated rings. The van der Waals surface area contributed by atoms with E-state index < -0.39 is 0 Å². The van der Waals surface area contributed by atoms with Crippen molar-refractivity contribution < 1.29 is 9.53 Å². The highest BCUT2D eigenvalue weighted by atomic mass is 16.5. The summed E-state index contributed by atoms with van der Waals surface area (Å²) in [7, 11) is 0. The van der Waals surface area contributed by atoms with Gasteiger partial charge in [-0.25, -0.2) is 4.98 Å². The molecule has 1 heterocycles. The minimum atomic E-state index is -0.00991. The molecular weight excluding hydrogens is 362 g/mol. The van der Waals surface area contributed by atoms with E-state index >= 15 is 0 Å². The maximum absolute atomic E-state index is 11.8. The first-order valence-corrected chi connectivity index (χ1v) is 10.4. The van der Waals surface area contributed by atoms with Crippen LogP contribution in [0.4, 0.5) is 0 Å². The summed E-state index contributed by atoms with van der Waals surface area (Å²) in [4.78, 5) is 16.6. The fraction of sp³-hybridized carbons (Fsp3) is 0.417. The summed E-state index contributed by atoms with van der Waals surface area (Å²) >= 11 is 0. The number of hydrogen-bond acceptors (Lipinski definition) is 3. The first-order valence-electron chi connectivity index (χ1n) is 10.4. The quantitative estimate of drug-likeness (QED) is 0.580. The summed E-state index contributed by atoms with van der Waals surface area (Å²) in [5.41, 5.74) is 3.37. The predicted molar refractivity (Wildman–Crippen MR) is 117 cm³/mol. The van der Waals surface area contributed by atoms with Gasteiger partial charge in [0.1, 0.15) is 18.2 Å². The van der Waals surface area contributed by atoms with Crippen molar-refractivity contribution >= 4 is 16.9 Å². The molecule has 0 aliphatic rings. The number of nitrogens with zero attached hydrogens (tertiary/aromatic N) is 2. The van der Waals surface area contributed by atoms with E-state index in [0.29, 0.717) is 32.0 Å². The lowest BCUT2D eigenvalue weighted by atomic mass is 10.0. The molecule has 3 aromatic rings. The van der Waals surface area contributed by atoms with Crippen LogP contribution >= 0.6 is 0 Å². The van der Waals surface area contributed by atoms with Crippen LogP contribution in [0.1, 0.15) is 45.0 Å². The molecule has 2 aromatic carbocycles. The van der Waals surface area contributed by atoms with Crippen molar-refractivity contribution in [2.45, 2.75) is 46.6 Å². The first-order chi connectivity index (χ1) is 14.0. The van der Waals surface area contributed by atoms with Crippen LogP contribution in [0.25, 0.3) is 11.0 Å². The van der Waals surface area contributed by atoms with E-state index in [1.165, 1.54) is 5.56 Å². The third-order valence-electron chi connectivity index (χ3n) is 5.04. The topological polar surface area (TPSA) is 56.2 Å². The Morgan fingerprint density at radius 2 is 1.79 bits per heavy atom. The summed E-state index contributed by atoms with van der Waals surface area (Å²) < 4.78 is 8.17. The van der Waals surface area contributed by atoms with Crippen LogP contribution < -0.4 is 10.1 Å². The third kappa shape index (κ3) is 5.37. The van der Waals surface area contributed by atoms with Gasteiger partial charge in [-0.15, -0.1) is 0 Å². The molecule has 1 amide bonds. The molecule has 29 heavy (non-hydrogen) atoms. The maximum atomic E-state index is 11.8. The van der Waals surface area contributed by atoms with E-state index in [0.717, 1.165) is 22.6 Å². The summed E-state index contributed by atoms with van der Waals surface area (Å²) in [5, 5.41) is 2.97. The summed E-state index contributed by atoms with van der Waals surface area (Å²) in [5.74, 6) is 2.42. The zero-order chi connectivity index (χ0) is 20.8. The number of imidazole rings is 1. The molecule has 3 rings (SSSR count). The van der Waals surface area contributed by atoms with Gasteiger partial charge >= 0.3 is 0 Å². The van der Waals surface area contributed by atoms with Crippen molar-refractivity contribution in [1.82, 2.24) is 14.9 Å². The second kappa shape index (κ2) is 9.59. The number of rotatable bonds is 9. The van der Waals surface area contributed by atoms with Gasteiger partial charge in [0, 0.05) is 18.9 Å². The predicted octanol–water partition coefficient (Wildman–Crippen LogP) is 4.55. The average Bonchev–Trinajstić information content (AvgIpc) is 3.06. The molecule has 0 saturated carbocycles. The molecule has 0 radical (unpaired) electrons. The van der Waals surface area contributed by atoms with Crippen LogP contribution in [-0.2, 0) is 17.8 Å². The van der Waals surface area contributed by atoms with E-state index in [1.54, 1.807) is 0 Å². The fourth-order valence-electron chi connectivity index (χ4n) is 3.27. The van der Waals surface area contributed by atoms with E-state index in [2.05, 4.69) is 41.9 Å². The molecule has 0 saturated heterocycles. The van der Waals surface area contributed by atoms with Crippen LogP contribution in [0.3, 0.4) is 0 Å². The monoisotopic (exact) mass is 393 g/mol. The number of amides is 1. The maximum Gasteiger partial charge on any atom is 0.222 e. The molecule has 5 nitrogen and oxygen atoms in total. The van der Waals surface area contributed by atoms with Crippen LogP contribution in [0.5, 0.6) is 5.75 Å². The van der Waals surface area contributed by atoms with Gasteiger partial charge in [-0.1, -0.05) is 52.0 Å². The van der Waals surface area contributed by atoms with Crippen LogP contribution in [0.2, 0.25) is 0 Å². The minimum Gasteiger partial charge on any atom is -0.492 e. The minimum absolute atomic E-state index is 0.00991. The zero-order valence-electron chi connectivity index (χ0n) is 17.8. The Morgan fingerprint density at radius 3 is 2.48 bits per heavy atom. The van der Waals surface area contributed by atoms with E-state index in [1.807, 2.05) is 44.2 Å². The molecule has 0 unspecified atom stereocenters. The normalized spacial score (nSPS) is 11.4. The van der Waals surface area contributed by atoms with Gasteiger partial charge in [-0.2, -0.15) is 0 Å². The highest BCUT2D eigenvalue weighted by Gasteiger charge is 2.12. The number of para-hydroxylation sites is 2. The highest BCUT2D eigenvalue weighted by molar-refractivity contribution is 5.78. The van der Waals surface area contributed by atoms with Crippen molar-refractivity contribution in [1.29, 1.82) is 0 Å². The van der Waals surface area contributed by atoms with Gasteiger partial charge in [-0.3, -0.25) is 4.79 Å². The average molecular weight is 394 g/mol. The number of hydrogen-bond donors (Lipinski definition) is 1. The summed E-state index contributed by atoms with van der Waals surface area (Å²) in [6.45, 7) is 10.0. The van der Waals surface area contributed by atoms with Crippen molar-refractivity contribution in [2.75, 3.05) is 13.2 Å². The Bertz CT molecular complexity index is 942. The number of carbonyl (C=O) groups excluding carboxylic acids is 1. The van der Waals surface area contributed by atoms with E-state index in [4.69, 9.17) is 9.72 Å². The lowest BCUT2D eigenvalue weighted by Gasteiger charge is -2.12. The molecule has 1 aromatic heterocycles. The fourth-order valence-corrected chi connectivity index (χ4v) is 3.27. The Kier molecular flexibility index (Phi) is 6.91. The SMILES string of the molecule is CC(C)C(=O)NCCc1nc2ccccc2n1CCOc1ccc(C(C)C)cc1. The van der Waals surface area contributed by atoms with Crippen molar-refractivity contribution in [3.05, 3.63) is 59.9 Å². The molecule has 154 valence electrons. The van der Waals surface area contributed by atoms with E-state index in [9.17, 15) is 4.79 Å². The van der Waals surface area contributed by atoms with Crippen LogP contribution in [-0.4, -0.2) is 28.6 Å². The van der Waals surface area contributed by atoms with Gasteiger partial charge in [-0.05, 0) is 35.7 Å². The number of ether oxygens (including phenoxy) is 1. The number of fused-ring (bicyclic) bond motifs is 1. The van der Waals surface area contributed by atoms with Gasteiger partial charge in [0.25, 0.3) is 0 Å². The smallest absolute Gasteiger partial charge is 0.222 e. The first kappa shape index (κ1) is 20.9. The number of aromatic nitrogens is 2. The largest absolute Gasteiger partial charge is 0.492 e. The Hall–Kier alpha value is -2.82. The second-order valence-electron chi connectivity index (χ2n) is 7.94. The Labute approximate surface area is 173 Å². The van der Waals surface area contributed by atoms with E-state index in [-0.39, 0.29) is 11.8 Å². The van der Waals surface area contributed by atoms with Gasteiger partial charge < -0.3 is 14.6 Å². The standard InChI is InChI=1S/C24H31N3O2/c1-17(2)19-9-11-20(12-10-19)29-16-15-27-22-8-6-5-7-21(22)26-23(27)13-14-25-24(28)18(3)4/h5-12,17-18H,13-16H2,1-4H3,(H,25,28). The molecule has 0 atom stereocenters. The summed E-state index contributed by atoms with van der Waals surface area (Å²) in [6, 6.07) is 16.4. The molecular formula is C24H31N3O2. The van der Waals surface area contributed by atoms with Crippen molar-refractivity contribution in [2.24, 2.45) is 5.92 Å². The molecule has 0 bridgehead atoms. The molecule has 0 aliphatic carbocycles. The summed E-state index contributed by atoms with van der Waals surface area (Å²) in [6.07, 6.45) is 0.691. The number of benzene rings is 2. The molecule has 0 spiro atoms. The Morgan fingerprint density at radius 1 is 1.07 bits per heavy atom. The third-order valence-corrected chi connectivity index (χ3v) is 5.04. The van der Waals surface area contributed by atoms with Crippen LogP contribution in [0, 0.1) is 5.92 Å². The molecule has 1 N–H and O–H groups in total. The second-order valence-corrected chi connectivity index (χ2v) is 7.94. The molecule has 5 heteroatoms. The highest BCUT2D eigenvalue weighted by Crippen LogP contribution is 2.20. The van der Waals surface area contributed by atoms with Crippen molar-refractivity contribution in [3.63, 3.8) is 0 Å². The van der Waals surface area contributed by atoms with Gasteiger partial charge in [0.2, 0.25) is 5.91 Å². The lowest BCUT2D eigenvalue weighted by molar-refractivity contribution is -0.123. The van der Waals surface area contributed by atoms with Crippen LogP contribution in [0.15, 0.2) is 48.5 Å².